The zero-order valence-corrected chi connectivity index (χ0v) is 9.34. The average Bonchev–Trinajstić information content (AvgIpc) is 2.20. The number of ketones is 1. The number of rotatable bonds is 4. The van der Waals surface area contributed by atoms with E-state index in [-0.39, 0.29) is 5.78 Å². The number of Topliss-reactive ketones (excluding diaryl/α,β-unsaturated/α-hetero) is 1. The van der Waals surface area contributed by atoms with Gasteiger partial charge in [-0.1, -0.05) is 18.2 Å². The molecule has 0 amide bonds. The second-order valence-corrected chi connectivity index (χ2v) is 3.84. The van der Waals surface area contributed by atoms with Crippen molar-refractivity contribution in [2.75, 3.05) is 0 Å². The lowest BCUT2D eigenvalue weighted by atomic mass is 10.0. The van der Waals surface area contributed by atoms with E-state index >= 15 is 0 Å². The smallest absolute Gasteiger partial charge is 0.138 e. The minimum absolute atomic E-state index is 0.219. The molecular formula is C14H16O. The van der Waals surface area contributed by atoms with Crippen molar-refractivity contribution in [2.45, 2.75) is 33.1 Å². The Morgan fingerprint density at radius 1 is 1.33 bits per heavy atom. The van der Waals surface area contributed by atoms with Crippen molar-refractivity contribution in [3.63, 3.8) is 0 Å². The Kier molecular flexibility index (Phi) is 4.12. The van der Waals surface area contributed by atoms with Crippen LogP contribution in [0.2, 0.25) is 0 Å². The maximum Gasteiger partial charge on any atom is 0.138 e. The molecule has 0 saturated carbocycles. The maximum atomic E-state index is 11.5. The summed E-state index contributed by atoms with van der Waals surface area (Å²) in [5.74, 6) is 2.70. The number of carbonyl (C=O) groups excluding carboxylic acids is 1. The number of hydrogen-bond donors (Lipinski definition) is 0. The second kappa shape index (κ2) is 5.36. The third-order valence-electron chi connectivity index (χ3n) is 2.52. The summed E-state index contributed by atoms with van der Waals surface area (Å²) in [6, 6.07) is 6.14. The van der Waals surface area contributed by atoms with Crippen LogP contribution in [-0.4, -0.2) is 5.78 Å². The minimum atomic E-state index is 0.219. The molecule has 0 spiro atoms. The molecule has 0 bridgehead atoms. The third kappa shape index (κ3) is 3.59. The first-order valence-corrected chi connectivity index (χ1v) is 5.15. The molecule has 0 aromatic heterocycles. The topological polar surface area (TPSA) is 17.1 Å². The third-order valence-corrected chi connectivity index (χ3v) is 2.52. The lowest BCUT2D eigenvalue weighted by molar-refractivity contribution is -0.118. The molecule has 1 rings (SSSR count). The Hall–Kier alpha value is -1.55. The van der Waals surface area contributed by atoms with Crippen molar-refractivity contribution >= 4 is 5.78 Å². The zero-order valence-electron chi connectivity index (χ0n) is 9.34. The average molecular weight is 200 g/mol. The molecule has 0 saturated heterocycles. The van der Waals surface area contributed by atoms with Gasteiger partial charge in [0.25, 0.3) is 0 Å². The molecule has 0 fully saturated rings. The van der Waals surface area contributed by atoms with Gasteiger partial charge in [-0.3, -0.25) is 4.79 Å². The van der Waals surface area contributed by atoms with Crippen molar-refractivity contribution in [3.8, 4) is 12.3 Å². The van der Waals surface area contributed by atoms with Gasteiger partial charge in [-0.15, -0.1) is 12.3 Å². The van der Waals surface area contributed by atoms with E-state index in [1.807, 2.05) is 6.07 Å². The van der Waals surface area contributed by atoms with Gasteiger partial charge >= 0.3 is 0 Å². The van der Waals surface area contributed by atoms with Gasteiger partial charge in [-0.2, -0.15) is 0 Å². The monoisotopic (exact) mass is 200 g/mol. The molecule has 0 aliphatic rings. The first-order valence-electron chi connectivity index (χ1n) is 5.15. The molecule has 0 unspecified atom stereocenters. The summed E-state index contributed by atoms with van der Waals surface area (Å²) < 4.78 is 0. The summed E-state index contributed by atoms with van der Waals surface area (Å²) in [5, 5.41) is 0. The highest BCUT2D eigenvalue weighted by atomic mass is 16.1. The van der Waals surface area contributed by atoms with Crippen LogP contribution in [-0.2, 0) is 11.2 Å². The van der Waals surface area contributed by atoms with Gasteiger partial charge in [-0.25, -0.2) is 0 Å². The Bertz CT molecular complexity index is 396. The summed E-state index contributed by atoms with van der Waals surface area (Å²) in [6.07, 6.45) is 6.65. The number of benzene rings is 1. The molecule has 0 heterocycles. The molecule has 78 valence electrons. The first kappa shape index (κ1) is 11.5. The van der Waals surface area contributed by atoms with Gasteiger partial charge in [0.2, 0.25) is 0 Å². The van der Waals surface area contributed by atoms with Crippen LogP contribution < -0.4 is 0 Å². The van der Waals surface area contributed by atoms with Crippen LogP contribution >= 0.6 is 0 Å². The molecule has 0 atom stereocenters. The molecule has 1 nitrogen and oxygen atoms in total. The fourth-order valence-corrected chi connectivity index (χ4v) is 1.44. The summed E-state index contributed by atoms with van der Waals surface area (Å²) in [7, 11) is 0. The summed E-state index contributed by atoms with van der Waals surface area (Å²) in [4.78, 5) is 11.5. The van der Waals surface area contributed by atoms with E-state index in [1.54, 1.807) is 0 Å². The van der Waals surface area contributed by atoms with E-state index in [1.165, 1.54) is 11.1 Å². The van der Waals surface area contributed by atoms with E-state index in [2.05, 4.69) is 31.9 Å². The van der Waals surface area contributed by atoms with Crippen molar-refractivity contribution in [1.29, 1.82) is 0 Å². The van der Waals surface area contributed by atoms with Crippen molar-refractivity contribution in [1.82, 2.24) is 0 Å². The molecular weight excluding hydrogens is 184 g/mol. The maximum absolute atomic E-state index is 11.5. The fourth-order valence-electron chi connectivity index (χ4n) is 1.44. The molecule has 0 radical (unpaired) electrons. The van der Waals surface area contributed by atoms with E-state index in [9.17, 15) is 4.79 Å². The van der Waals surface area contributed by atoms with Crippen LogP contribution in [0.1, 0.15) is 29.5 Å². The van der Waals surface area contributed by atoms with Crippen molar-refractivity contribution < 1.29 is 4.79 Å². The van der Waals surface area contributed by atoms with Gasteiger partial charge < -0.3 is 0 Å². The molecule has 1 heteroatoms. The molecule has 15 heavy (non-hydrogen) atoms. The molecule has 1 aromatic rings. The standard InChI is InChI=1S/C14H16O/c1-4-5-6-14(15)10-13-8-7-11(2)12(3)9-13/h1,7-9H,5-6,10H2,2-3H3. The molecule has 0 N–H and O–H groups in total. The SMILES string of the molecule is C#CCCC(=O)Cc1ccc(C)c(C)c1. The van der Waals surface area contributed by atoms with Gasteiger partial charge in [0.15, 0.2) is 0 Å². The Balaban J connectivity index is 2.62. The van der Waals surface area contributed by atoms with Crippen molar-refractivity contribution in [3.05, 3.63) is 34.9 Å². The van der Waals surface area contributed by atoms with Crippen LogP contribution in [0, 0.1) is 26.2 Å². The molecule has 0 aliphatic heterocycles. The normalized spacial score (nSPS) is 9.67. The van der Waals surface area contributed by atoms with Gasteiger partial charge in [0.05, 0.1) is 0 Å². The number of aryl methyl sites for hydroxylation is 2. The predicted molar refractivity (Wildman–Crippen MR) is 62.7 cm³/mol. The highest BCUT2D eigenvalue weighted by Crippen LogP contribution is 2.11. The van der Waals surface area contributed by atoms with Crippen LogP contribution in [0.25, 0.3) is 0 Å². The van der Waals surface area contributed by atoms with Gasteiger partial charge in [0.1, 0.15) is 5.78 Å². The van der Waals surface area contributed by atoms with E-state index in [4.69, 9.17) is 6.42 Å². The van der Waals surface area contributed by atoms with E-state index in [0.717, 1.165) is 5.56 Å². The molecule has 0 aliphatic carbocycles. The van der Waals surface area contributed by atoms with Gasteiger partial charge in [0, 0.05) is 19.3 Å². The Morgan fingerprint density at radius 2 is 2.07 bits per heavy atom. The van der Waals surface area contributed by atoms with Crippen LogP contribution in [0.4, 0.5) is 0 Å². The highest BCUT2D eigenvalue weighted by molar-refractivity contribution is 5.81. The molecule has 1 aromatic carbocycles. The number of terminal acetylenes is 1. The fraction of sp³-hybridized carbons (Fsp3) is 0.357. The largest absolute Gasteiger partial charge is 0.299 e. The summed E-state index contributed by atoms with van der Waals surface area (Å²) >= 11 is 0. The minimum Gasteiger partial charge on any atom is -0.299 e. The summed E-state index contributed by atoms with van der Waals surface area (Å²) in [5.41, 5.74) is 3.58. The van der Waals surface area contributed by atoms with Crippen LogP contribution in [0.3, 0.4) is 0 Å². The summed E-state index contributed by atoms with van der Waals surface area (Å²) in [6.45, 7) is 4.13. The Labute approximate surface area is 91.5 Å². The number of hydrogen-bond acceptors (Lipinski definition) is 1. The Morgan fingerprint density at radius 3 is 2.67 bits per heavy atom. The van der Waals surface area contributed by atoms with Gasteiger partial charge in [-0.05, 0) is 30.5 Å². The number of carbonyl (C=O) groups is 1. The highest BCUT2D eigenvalue weighted by Gasteiger charge is 2.03. The van der Waals surface area contributed by atoms with E-state index < -0.39 is 0 Å². The quantitative estimate of drug-likeness (QED) is 0.683. The van der Waals surface area contributed by atoms with Crippen molar-refractivity contribution in [2.24, 2.45) is 0 Å². The second-order valence-electron chi connectivity index (χ2n) is 3.84. The van der Waals surface area contributed by atoms with Crippen LogP contribution in [0.5, 0.6) is 0 Å². The lowest BCUT2D eigenvalue weighted by Crippen LogP contribution is -2.02. The predicted octanol–water partition coefficient (Wildman–Crippen LogP) is 2.83. The first-order chi connectivity index (χ1) is 7.13. The van der Waals surface area contributed by atoms with Crippen LogP contribution in [0.15, 0.2) is 18.2 Å². The lowest BCUT2D eigenvalue weighted by Gasteiger charge is -2.04. The zero-order chi connectivity index (χ0) is 11.3. The van der Waals surface area contributed by atoms with E-state index in [0.29, 0.717) is 19.3 Å².